The van der Waals surface area contributed by atoms with Gasteiger partial charge in [0.05, 0.1) is 12.5 Å². The summed E-state index contributed by atoms with van der Waals surface area (Å²) < 4.78 is 4.94. The first-order chi connectivity index (χ1) is 14.6. The summed E-state index contributed by atoms with van der Waals surface area (Å²) in [7, 11) is 1.44. The molecule has 154 valence electrons. The molecule has 5 rings (SSSR count). The minimum atomic E-state index is -0.472. The highest BCUT2D eigenvalue weighted by molar-refractivity contribution is 6.06. The zero-order valence-electron chi connectivity index (χ0n) is 17.4. The van der Waals surface area contributed by atoms with Gasteiger partial charge in [-0.05, 0) is 48.8 Å². The van der Waals surface area contributed by atoms with Crippen LogP contribution in [0.5, 0.6) is 0 Å². The van der Waals surface area contributed by atoms with Gasteiger partial charge in [-0.3, -0.25) is 9.69 Å². The van der Waals surface area contributed by atoms with E-state index in [-0.39, 0.29) is 11.8 Å². The number of ether oxygens (including phenoxy) is 1. The van der Waals surface area contributed by atoms with Crippen molar-refractivity contribution in [3.63, 3.8) is 0 Å². The Bertz CT molecular complexity index is 1040. The summed E-state index contributed by atoms with van der Waals surface area (Å²) in [6, 6.07) is 16.9. The van der Waals surface area contributed by atoms with Crippen molar-refractivity contribution in [2.75, 3.05) is 20.2 Å². The number of nitrogens with zero attached hydrogens (tertiary/aromatic N) is 1. The minimum Gasteiger partial charge on any atom is -0.466 e. The molecule has 3 aliphatic rings. The summed E-state index contributed by atoms with van der Waals surface area (Å²) in [6.07, 6.45) is 6.29. The molecule has 2 atom stereocenters. The van der Waals surface area contributed by atoms with Gasteiger partial charge >= 0.3 is 5.97 Å². The van der Waals surface area contributed by atoms with Gasteiger partial charge in [-0.25, -0.2) is 4.79 Å². The second-order valence-electron chi connectivity index (χ2n) is 8.78. The van der Waals surface area contributed by atoms with Crippen LogP contribution in [0.15, 0.2) is 60.2 Å². The molecule has 1 heterocycles. The maximum atomic E-state index is 14.0. The number of hydrogen-bond donors (Lipinski definition) is 0. The van der Waals surface area contributed by atoms with Gasteiger partial charge < -0.3 is 4.74 Å². The molecule has 30 heavy (non-hydrogen) atoms. The van der Waals surface area contributed by atoms with E-state index in [0.29, 0.717) is 12.6 Å². The maximum Gasteiger partial charge on any atom is 0.334 e. The van der Waals surface area contributed by atoms with E-state index in [4.69, 9.17) is 4.74 Å². The molecule has 2 aromatic rings. The number of rotatable bonds is 2. The summed E-state index contributed by atoms with van der Waals surface area (Å²) in [5, 5.41) is 0. The SMILES string of the molecule is COC(=O)C1=CCCN(C2CCC3(C2)C(=O)c2ccccc2Cc2ccccc23)C1. The Morgan fingerprint density at radius 3 is 2.70 bits per heavy atom. The Morgan fingerprint density at radius 1 is 1.10 bits per heavy atom. The number of Topliss-reactive ketones (excluding diaryl/α,β-unsaturated/α-hetero) is 1. The lowest BCUT2D eigenvalue weighted by atomic mass is 9.72. The lowest BCUT2D eigenvalue weighted by molar-refractivity contribution is -0.136. The van der Waals surface area contributed by atoms with Gasteiger partial charge in [-0.2, -0.15) is 0 Å². The molecular formula is C26H27NO3. The van der Waals surface area contributed by atoms with Crippen molar-refractivity contribution in [1.29, 1.82) is 0 Å². The molecule has 1 fully saturated rings. The molecule has 4 nitrogen and oxygen atoms in total. The lowest BCUT2D eigenvalue weighted by Crippen LogP contribution is -2.42. The molecule has 2 aliphatic carbocycles. The van der Waals surface area contributed by atoms with E-state index in [0.717, 1.165) is 55.3 Å². The molecule has 0 aromatic heterocycles. The van der Waals surface area contributed by atoms with Gasteiger partial charge in [0.2, 0.25) is 0 Å². The number of benzene rings is 2. The Kier molecular flexibility index (Phi) is 4.82. The fourth-order valence-corrected chi connectivity index (χ4v) is 5.76. The molecule has 2 aromatic carbocycles. The van der Waals surface area contributed by atoms with Gasteiger partial charge in [0, 0.05) is 30.3 Å². The predicted molar refractivity (Wildman–Crippen MR) is 116 cm³/mol. The van der Waals surface area contributed by atoms with Crippen LogP contribution in [0, 0.1) is 0 Å². The zero-order chi connectivity index (χ0) is 20.7. The van der Waals surface area contributed by atoms with E-state index in [9.17, 15) is 9.59 Å². The van der Waals surface area contributed by atoms with Crippen LogP contribution in [0.25, 0.3) is 0 Å². The fraction of sp³-hybridized carbons (Fsp3) is 0.385. The van der Waals surface area contributed by atoms with Crippen molar-refractivity contribution < 1.29 is 14.3 Å². The lowest BCUT2D eigenvalue weighted by Gasteiger charge is -2.34. The molecule has 1 aliphatic heterocycles. The summed E-state index contributed by atoms with van der Waals surface area (Å²) in [5.41, 5.74) is 4.75. The molecule has 2 unspecified atom stereocenters. The van der Waals surface area contributed by atoms with Gasteiger partial charge in [-0.15, -0.1) is 0 Å². The zero-order valence-corrected chi connectivity index (χ0v) is 17.4. The quantitative estimate of drug-likeness (QED) is 0.712. The summed E-state index contributed by atoms with van der Waals surface area (Å²) >= 11 is 0. The number of carbonyl (C=O) groups excluding carboxylic acids is 2. The standard InChI is InChI=1S/C26H27NO3/c1-30-25(29)20-9-6-14-27(17-20)21-12-13-26(16-21)23-11-5-3-8-19(23)15-18-7-2-4-10-22(18)24(26)28/h2-5,7-11,21H,6,12-17H2,1H3. The van der Waals surface area contributed by atoms with Crippen LogP contribution in [-0.2, 0) is 21.4 Å². The molecule has 1 spiro atoms. The van der Waals surface area contributed by atoms with Gasteiger partial charge in [0.1, 0.15) is 0 Å². The topological polar surface area (TPSA) is 46.6 Å². The summed E-state index contributed by atoms with van der Waals surface area (Å²) in [4.78, 5) is 28.4. The smallest absolute Gasteiger partial charge is 0.334 e. The fourth-order valence-electron chi connectivity index (χ4n) is 5.76. The number of methoxy groups -OCH3 is 1. The number of hydrogen-bond acceptors (Lipinski definition) is 4. The second-order valence-corrected chi connectivity index (χ2v) is 8.78. The average molecular weight is 402 g/mol. The third-order valence-electron chi connectivity index (χ3n) is 7.24. The first kappa shape index (κ1) is 19.3. The number of esters is 1. The molecule has 0 amide bonds. The highest BCUT2D eigenvalue weighted by Crippen LogP contribution is 2.49. The Labute approximate surface area is 177 Å². The Morgan fingerprint density at radius 2 is 1.87 bits per heavy atom. The predicted octanol–water partition coefficient (Wildman–Crippen LogP) is 4.07. The van der Waals surface area contributed by atoms with Crippen LogP contribution in [0.2, 0.25) is 0 Å². The van der Waals surface area contributed by atoms with Crippen LogP contribution in [0.1, 0.15) is 52.7 Å². The number of carbonyl (C=O) groups is 2. The van der Waals surface area contributed by atoms with Crippen molar-refractivity contribution in [1.82, 2.24) is 4.90 Å². The molecule has 4 heteroatoms. The van der Waals surface area contributed by atoms with Crippen molar-refractivity contribution in [3.05, 3.63) is 82.4 Å². The van der Waals surface area contributed by atoms with E-state index < -0.39 is 5.41 Å². The highest BCUT2D eigenvalue weighted by Gasteiger charge is 2.50. The maximum absolute atomic E-state index is 14.0. The highest BCUT2D eigenvalue weighted by atomic mass is 16.5. The van der Waals surface area contributed by atoms with E-state index >= 15 is 0 Å². The van der Waals surface area contributed by atoms with Gasteiger partial charge in [-0.1, -0.05) is 54.6 Å². The number of fused-ring (bicyclic) bond motifs is 3. The first-order valence-electron chi connectivity index (χ1n) is 10.8. The largest absolute Gasteiger partial charge is 0.466 e. The van der Waals surface area contributed by atoms with Crippen LogP contribution in [0.3, 0.4) is 0 Å². The average Bonchev–Trinajstić information content (AvgIpc) is 3.21. The van der Waals surface area contributed by atoms with Crippen LogP contribution in [-0.4, -0.2) is 42.9 Å². The number of ketones is 1. The molecule has 1 saturated carbocycles. The molecule has 0 saturated heterocycles. The van der Waals surface area contributed by atoms with E-state index in [2.05, 4.69) is 35.2 Å². The van der Waals surface area contributed by atoms with Crippen molar-refractivity contribution in [2.24, 2.45) is 0 Å². The van der Waals surface area contributed by atoms with Crippen molar-refractivity contribution >= 4 is 11.8 Å². The van der Waals surface area contributed by atoms with Crippen LogP contribution < -0.4 is 0 Å². The van der Waals surface area contributed by atoms with E-state index in [1.54, 1.807) is 0 Å². The van der Waals surface area contributed by atoms with Crippen LogP contribution >= 0.6 is 0 Å². The molecular weight excluding hydrogens is 374 g/mol. The third kappa shape index (κ3) is 3.02. The third-order valence-corrected chi connectivity index (χ3v) is 7.24. The Balaban J connectivity index is 1.51. The Hall–Kier alpha value is -2.72. The first-order valence-corrected chi connectivity index (χ1v) is 10.8. The van der Waals surface area contributed by atoms with E-state index in [1.807, 2.05) is 24.3 Å². The van der Waals surface area contributed by atoms with Crippen molar-refractivity contribution in [2.45, 2.75) is 43.6 Å². The monoisotopic (exact) mass is 401 g/mol. The van der Waals surface area contributed by atoms with Crippen LogP contribution in [0.4, 0.5) is 0 Å². The molecule has 0 bridgehead atoms. The summed E-state index contributed by atoms with van der Waals surface area (Å²) in [5.74, 6) is 0.0310. The molecule has 0 N–H and O–H groups in total. The summed E-state index contributed by atoms with van der Waals surface area (Å²) in [6.45, 7) is 1.54. The van der Waals surface area contributed by atoms with Gasteiger partial charge in [0.15, 0.2) is 5.78 Å². The molecule has 0 radical (unpaired) electrons. The van der Waals surface area contributed by atoms with E-state index in [1.165, 1.54) is 18.2 Å². The van der Waals surface area contributed by atoms with Gasteiger partial charge in [0.25, 0.3) is 0 Å². The second kappa shape index (κ2) is 7.51. The minimum absolute atomic E-state index is 0.239. The van der Waals surface area contributed by atoms with Crippen molar-refractivity contribution in [3.8, 4) is 0 Å². The normalized spacial score (nSPS) is 26.0.